The standard InChI is InChI=1S/C20H21N5O2S/c1-14-22-18(27-23-14)16-8-24(7-15-5-3-2-4-6-15)10-20(16)11-25(12-20)19(26)17-9-28-13-21-17/h2-6,9,13,16H,7-8,10-12H2,1H3. The summed E-state index contributed by atoms with van der Waals surface area (Å²) in [6.45, 7) is 5.88. The summed E-state index contributed by atoms with van der Waals surface area (Å²) >= 11 is 1.45. The summed E-state index contributed by atoms with van der Waals surface area (Å²) in [6.07, 6.45) is 0. The van der Waals surface area contributed by atoms with E-state index in [1.54, 1.807) is 5.51 Å². The fourth-order valence-electron chi connectivity index (χ4n) is 4.49. The van der Waals surface area contributed by atoms with Gasteiger partial charge in [0.25, 0.3) is 5.91 Å². The Hall–Kier alpha value is -2.58. The second-order valence-electron chi connectivity index (χ2n) is 7.78. The molecule has 1 aromatic carbocycles. The van der Waals surface area contributed by atoms with E-state index >= 15 is 0 Å². The second kappa shape index (κ2) is 6.79. The van der Waals surface area contributed by atoms with E-state index in [0.717, 1.165) is 19.6 Å². The molecule has 28 heavy (non-hydrogen) atoms. The number of aromatic nitrogens is 3. The van der Waals surface area contributed by atoms with Crippen molar-refractivity contribution >= 4 is 17.2 Å². The Balaban J connectivity index is 1.36. The number of carbonyl (C=O) groups is 1. The van der Waals surface area contributed by atoms with Crippen LogP contribution in [0.15, 0.2) is 45.7 Å². The van der Waals surface area contributed by atoms with Crippen LogP contribution in [-0.4, -0.2) is 57.0 Å². The first-order valence-corrected chi connectivity index (χ1v) is 10.3. The van der Waals surface area contributed by atoms with Crippen molar-refractivity contribution in [2.75, 3.05) is 26.2 Å². The van der Waals surface area contributed by atoms with E-state index in [9.17, 15) is 4.79 Å². The van der Waals surface area contributed by atoms with E-state index in [4.69, 9.17) is 4.52 Å². The highest BCUT2D eigenvalue weighted by Gasteiger charge is 2.57. The van der Waals surface area contributed by atoms with Crippen LogP contribution in [0.1, 0.15) is 33.7 Å². The lowest BCUT2D eigenvalue weighted by Crippen LogP contribution is -2.61. The first kappa shape index (κ1) is 17.5. The molecule has 1 spiro atoms. The molecule has 0 saturated carbocycles. The fraction of sp³-hybridized carbons (Fsp3) is 0.400. The Morgan fingerprint density at radius 1 is 1.29 bits per heavy atom. The van der Waals surface area contributed by atoms with Gasteiger partial charge < -0.3 is 9.42 Å². The van der Waals surface area contributed by atoms with E-state index in [-0.39, 0.29) is 17.2 Å². The van der Waals surface area contributed by atoms with Crippen molar-refractivity contribution in [3.05, 3.63) is 64.2 Å². The zero-order valence-corrected chi connectivity index (χ0v) is 16.4. The van der Waals surface area contributed by atoms with Crippen LogP contribution in [0.4, 0.5) is 0 Å². The highest BCUT2D eigenvalue weighted by molar-refractivity contribution is 7.07. The molecular weight excluding hydrogens is 374 g/mol. The van der Waals surface area contributed by atoms with Crippen LogP contribution in [0.5, 0.6) is 0 Å². The summed E-state index contributed by atoms with van der Waals surface area (Å²) in [5.41, 5.74) is 3.47. The summed E-state index contributed by atoms with van der Waals surface area (Å²) in [5, 5.41) is 5.80. The molecule has 1 unspecified atom stereocenters. The maximum absolute atomic E-state index is 12.7. The number of hydrogen-bond acceptors (Lipinski definition) is 7. The third kappa shape index (κ3) is 3.02. The van der Waals surface area contributed by atoms with Crippen molar-refractivity contribution in [2.45, 2.75) is 19.4 Å². The van der Waals surface area contributed by atoms with E-state index in [1.807, 2.05) is 23.3 Å². The van der Waals surface area contributed by atoms with Crippen molar-refractivity contribution in [2.24, 2.45) is 5.41 Å². The molecule has 2 fully saturated rings. The van der Waals surface area contributed by atoms with Crippen molar-refractivity contribution in [1.29, 1.82) is 0 Å². The zero-order valence-electron chi connectivity index (χ0n) is 15.6. The predicted molar refractivity (Wildman–Crippen MR) is 104 cm³/mol. The molecule has 1 amide bonds. The molecule has 5 rings (SSSR count). The first-order valence-electron chi connectivity index (χ1n) is 9.37. The first-order chi connectivity index (χ1) is 13.6. The van der Waals surface area contributed by atoms with Crippen LogP contribution in [0.3, 0.4) is 0 Å². The molecule has 0 N–H and O–H groups in total. The normalized spacial score (nSPS) is 21.2. The predicted octanol–water partition coefficient (Wildman–Crippen LogP) is 2.58. The van der Waals surface area contributed by atoms with Gasteiger partial charge in [-0.25, -0.2) is 4.98 Å². The summed E-state index contributed by atoms with van der Waals surface area (Å²) in [4.78, 5) is 25.6. The van der Waals surface area contributed by atoms with Crippen LogP contribution in [0, 0.1) is 12.3 Å². The number of likely N-dealkylation sites (tertiary alicyclic amines) is 2. The van der Waals surface area contributed by atoms with Crippen molar-refractivity contribution in [3.8, 4) is 0 Å². The largest absolute Gasteiger partial charge is 0.339 e. The second-order valence-corrected chi connectivity index (χ2v) is 8.50. The van der Waals surface area contributed by atoms with Gasteiger partial charge in [0, 0.05) is 43.5 Å². The number of benzene rings is 1. The third-order valence-corrected chi connectivity index (χ3v) is 6.35. The molecule has 4 heterocycles. The van der Waals surface area contributed by atoms with Gasteiger partial charge in [-0.15, -0.1) is 11.3 Å². The molecule has 2 aliphatic rings. The number of rotatable bonds is 4. The number of hydrogen-bond donors (Lipinski definition) is 0. The lowest BCUT2D eigenvalue weighted by Gasteiger charge is -2.50. The number of thiazole rings is 1. The van der Waals surface area contributed by atoms with E-state index < -0.39 is 0 Å². The topological polar surface area (TPSA) is 75.4 Å². The maximum Gasteiger partial charge on any atom is 0.273 e. The Bertz CT molecular complexity index is 966. The third-order valence-electron chi connectivity index (χ3n) is 5.76. The molecule has 1 atom stereocenters. The van der Waals surface area contributed by atoms with Gasteiger partial charge >= 0.3 is 0 Å². The van der Waals surface area contributed by atoms with Crippen LogP contribution < -0.4 is 0 Å². The van der Waals surface area contributed by atoms with Crippen molar-refractivity contribution in [1.82, 2.24) is 24.9 Å². The minimum atomic E-state index is -0.0422. The summed E-state index contributed by atoms with van der Waals surface area (Å²) in [7, 11) is 0. The molecule has 0 radical (unpaired) electrons. The molecule has 8 heteroatoms. The fourth-order valence-corrected chi connectivity index (χ4v) is 5.01. The SMILES string of the molecule is Cc1noc(C2CN(Cc3ccccc3)CC23CN(C(=O)c2cscn2)C3)n1. The Labute approximate surface area is 167 Å². The summed E-state index contributed by atoms with van der Waals surface area (Å²) in [5.74, 6) is 1.49. The molecule has 144 valence electrons. The monoisotopic (exact) mass is 395 g/mol. The van der Waals surface area contributed by atoms with Gasteiger partial charge in [-0.2, -0.15) is 4.98 Å². The molecule has 0 aliphatic carbocycles. The number of aryl methyl sites for hydroxylation is 1. The number of amides is 1. The minimum absolute atomic E-state index is 0.00819. The quantitative estimate of drug-likeness (QED) is 0.676. The van der Waals surface area contributed by atoms with Gasteiger partial charge in [0.05, 0.1) is 11.4 Å². The molecule has 2 saturated heterocycles. The Kier molecular flexibility index (Phi) is 4.25. The lowest BCUT2D eigenvalue weighted by molar-refractivity contribution is -0.00160. The van der Waals surface area contributed by atoms with E-state index in [1.165, 1.54) is 16.9 Å². The van der Waals surface area contributed by atoms with Crippen molar-refractivity contribution in [3.63, 3.8) is 0 Å². The van der Waals surface area contributed by atoms with Crippen LogP contribution in [0.25, 0.3) is 0 Å². The highest BCUT2D eigenvalue weighted by atomic mass is 32.1. The van der Waals surface area contributed by atoms with Gasteiger partial charge in [-0.1, -0.05) is 35.5 Å². The van der Waals surface area contributed by atoms with Gasteiger partial charge in [0.2, 0.25) is 5.89 Å². The average molecular weight is 395 g/mol. The maximum atomic E-state index is 12.7. The Morgan fingerprint density at radius 3 is 2.79 bits per heavy atom. The highest BCUT2D eigenvalue weighted by Crippen LogP contribution is 2.49. The van der Waals surface area contributed by atoms with Crippen LogP contribution in [-0.2, 0) is 6.54 Å². The van der Waals surface area contributed by atoms with Crippen LogP contribution >= 0.6 is 11.3 Å². The number of carbonyl (C=O) groups excluding carboxylic acids is 1. The molecular formula is C20H21N5O2S. The van der Waals surface area contributed by atoms with Crippen LogP contribution in [0.2, 0.25) is 0 Å². The van der Waals surface area contributed by atoms with E-state index in [2.05, 4.69) is 44.3 Å². The van der Waals surface area contributed by atoms with Gasteiger partial charge in [-0.05, 0) is 12.5 Å². The summed E-state index contributed by atoms with van der Waals surface area (Å²) in [6, 6.07) is 10.5. The van der Waals surface area contributed by atoms with Gasteiger partial charge in [0.1, 0.15) is 5.69 Å². The molecule has 2 aromatic heterocycles. The Morgan fingerprint density at radius 2 is 2.11 bits per heavy atom. The average Bonchev–Trinajstić information content (AvgIpc) is 3.40. The summed E-state index contributed by atoms with van der Waals surface area (Å²) < 4.78 is 5.54. The molecule has 2 aliphatic heterocycles. The van der Waals surface area contributed by atoms with Gasteiger partial charge in [-0.3, -0.25) is 9.69 Å². The smallest absolute Gasteiger partial charge is 0.273 e. The minimum Gasteiger partial charge on any atom is -0.339 e. The van der Waals surface area contributed by atoms with Gasteiger partial charge in [0.15, 0.2) is 5.82 Å². The number of nitrogens with zero attached hydrogens (tertiary/aromatic N) is 5. The van der Waals surface area contributed by atoms with E-state index in [0.29, 0.717) is 30.5 Å². The lowest BCUT2D eigenvalue weighted by atomic mass is 9.71. The molecule has 3 aromatic rings. The molecule has 7 nitrogen and oxygen atoms in total. The molecule has 0 bridgehead atoms. The zero-order chi connectivity index (χ0) is 19.1. The van der Waals surface area contributed by atoms with Crippen molar-refractivity contribution < 1.29 is 9.32 Å².